The predicted molar refractivity (Wildman–Crippen MR) is 113 cm³/mol. The summed E-state index contributed by atoms with van der Waals surface area (Å²) in [5, 5.41) is 13.7. The van der Waals surface area contributed by atoms with Gasteiger partial charge in [0.05, 0.1) is 0 Å². The molecule has 0 aliphatic rings. The zero-order valence-corrected chi connectivity index (χ0v) is 17.9. The SMILES string of the molecule is C[C@@H](NC(=O)OCc1ccccc1)C(=O)N[C@H](C)C(=O)NN(CC(N)=O)C(=O)/C=C/C(=O)O. The van der Waals surface area contributed by atoms with E-state index in [9.17, 15) is 28.8 Å². The monoisotopic (exact) mass is 463 g/mol. The minimum absolute atomic E-state index is 0.000127. The number of carbonyl (C=O) groups is 6. The number of ether oxygens (including phenoxy) is 1. The van der Waals surface area contributed by atoms with Crippen LogP contribution in [-0.2, 0) is 35.3 Å². The first-order valence-electron chi connectivity index (χ1n) is 9.58. The number of hydrazine groups is 1. The van der Waals surface area contributed by atoms with Crippen molar-refractivity contribution in [1.82, 2.24) is 21.1 Å². The third-order valence-corrected chi connectivity index (χ3v) is 3.89. The Kier molecular flexibility index (Phi) is 10.6. The van der Waals surface area contributed by atoms with Crippen LogP contribution in [0, 0.1) is 0 Å². The Morgan fingerprint density at radius 3 is 2.18 bits per heavy atom. The van der Waals surface area contributed by atoms with Gasteiger partial charge in [0.25, 0.3) is 11.8 Å². The Hall–Kier alpha value is -4.42. The first kappa shape index (κ1) is 26.6. The number of carbonyl (C=O) groups excluding carboxylic acids is 5. The fraction of sp³-hybridized carbons (Fsp3) is 0.300. The summed E-state index contributed by atoms with van der Waals surface area (Å²) >= 11 is 0. The molecular weight excluding hydrogens is 438 g/mol. The van der Waals surface area contributed by atoms with Crippen LogP contribution in [-0.4, -0.2) is 64.4 Å². The maximum Gasteiger partial charge on any atom is 0.408 e. The van der Waals surface area contributed by atoms with Gasteiger partial charge in [0.1, 0.15) is 25.2 Å². The number of primary amides is 1. The Labute approximate surface area is 188 Å². The molecule has 1 aromatic rings. The highest BCUT2D eigenvalue weighted by molar-refractivity contribution is 5.97. The normalized spacial score (nSPS) is 12.2. The molecule has 178 valence electrons. The lowest BCUT2D eigenvalue weighted by molar-refractivity contribution is -0.142. The zero-order valence-electron chi connectivity index (χ0n) is 17.9. The maximum absolute atomic E-state index is 12.3. The summed E-state index contributed by atoms with van der Waals surface area (Å²) in [6.45, 7) is 1.91. The van der Waals surface area contributed by atoms with E-state index in [1.54, 1.807) is 24.3 Å². The Morgan fingerprint density at radius 1 is 1.00 bits per heavy atom. The molecule has 0 aliphatic heterocycles. The van der Waals surface area contributed by atoms with Crippen molar-refractivity contribution in [2.75, 3.05) is 6.54 Å². The van der Waals surface area contributed by atoms with E-state index in [2.05, 4.69) is 16.1 Å². The van der Waals surface area contributed by atoms with Crippen molar-refractivity contribution >= 4 is 35.7 Å². The summed E-state index contributed by atoms with van der Waals surface area (Å²) in [5.41, 5.74) is 7.84. The number of hydrogen-bond acceptors (Lipinski definition) is 7. The first-order chi connectivity index (χ1) is 15.5. The second kappa shape index (κ2) is 13.1. The number of nitrogens with two attached hydrogens (primary N) is 1. The highest BCUT2D eigenvalue weighted by Crippen LogP contribution is 2.01. The van der Waals surface area contributed by atoms with Gasteiger partial charge in [-0.3, -0.25) is 24.6 Å². The zero-order chi connectivity index (χ0) is 25.0. The summed E-state index contributed by atoms with van der Waals surface area (Å²) in [6, 6.07) is 6.61. The van der Waals surface area contributed by atoms with Crippen molar-refractivity contribution in [3.63, 3.8) is 0 Å². The number of alkyl carbamates (subject to hydrolysis) is 1. The molecule has 13 heteroatoms. The van der Waals surface area contributed by atoms with E-state index in [0.29, 0.717) is 17.2 Å². The number of hydrogen-bond donors (Lipinski definition) is 5. The van der Waals surface area contributed by atoms with Crippen LogP contribution in [0.3, 0.4) is 0 Å². The van der Waals surface area contributed by atoms with Crippen LogP contribution in [0.4, 0.5) is 4.79 Å². The molecule has 0 aromatic heterocycles. The molecule has 5 amide bonds. The molecule has 0 bridgehead atoms. The number of benzene rings is 1. The van der Waals surface area contributed by atoms with Crippen LogP contribution in [0.1, 0.15) is 19.4 Å². The van der Waals surface area contributed by atoms with Gasteiger partial charge in [-0.1, -0.05) is 30.3 Å². The van der Waals surface area contributed by atoms with E-state index >= 15 is 0 Å². The summed E-state index contributed by atoms with van der Waals surface area (Å²) in [6.07, 6.45) is 0.279. The number of amides is 5. The number of nitrogens with one attached hydrogen (secondary N) is 3. The maximum atomic E-state index is 12.3. The number of nitrogens with zero attached hydrogens (tertiary/aromatic N) is 1. The number of carboxylic acids is 1. The molecule has 1 aromatic carbocycles. The first-order valence-corrected chi connectivity index (χ1v) is 9.58. The van der Waals surface area contributed by atoms with Crippen LogP contribution >= 0.6 is 0 Å². The molecule has 0 saturated heterocycles. The van der Waals surface area contributed by atoms with Crippen LogP contribution in [0.15, 0.2) is 42.5 Å². The van der Waals surface area contributed by atoms with Crippen molar-refractivity contribution in [2.45, 2.75) is 32.5 Å². The minimum Gasteiger partial charge on any atom is -0.478 e. The minimum atomic E-state index is -1.42. The molecule has 0 fully saturated rings. The van der Waals surface area contributed by atoms with Crippen molar-refractivity contribution in [2.24, 2.45) is 5.73 Å². The van der Waals surface area contributed by atoms with Crippen LogP contribution in [0.5, 0.6) is 0 Å². The Morgan fingerprint density at radius 2 is 1.61 bits per heavy atom. The predicted octanol–water partition coefficient (Wildman–Crippen LogP) is -1.21. The highest BCUT2D eigenvalue weighted by atomic mass is 16.5. The summed E-state index contributed by atoms with van der Waals surface area (Å²) in [4.78, 5) is 70.0. The van der Waals surface area contributed by atoms with Crippen molar-refractivity contribution in [3.05, 3.63) is 48.0 Å². The summed E-state index contributed by atoms with van der Waals surface area (Å²) in [5.74, 6) is -5.05. The van der Waals surface area contributed by atoms with Gasteiger partial charge in [0.15, 0.2) is 0 Å². The molecule has 0 saturated carbocycles. The quantitative estimate of drug-likeness (QED) is 0.210. The average Bonchev–Trinajstić information content (AvgIpc) is 2.75. The smallest absolute Gasteiger partial charge is 0.408 e. The van der Waals surface area contributed by atoms with E-state index in [4.69, 9.17) is 15.6 Å². The molecular formula is C20H25N5O8. The van der Waals surface area contributed by atoms with Gasteiger partial charge >= 0.3 is 12.1 Å². The molecule has 33 heavy (non-hydrogen) atoms. The van der Waals surface area contributed by atoms with E-state index in [1.165, 1.54) is 13.8 Å². The highest BCUT2D eigenvalue weighted by Gasteiger charge is 2.24. The molecule has 0 aliphatic carbocycles. The van der Waals surface area contributed by atoms with Gasteiger partial charge in [-0.05, 0) is 19.4 Å². The number of aliphatic carboxylic acids is 1. The van der Waals surface area contributed by atoms with Crippen LogP contribution in [0.2, 0.25) is 0 Å². The second-order valence-electron chi connectivity index (χ2n) is 6.70. The van der Waals surface area contributed by atoms with Gasteiger partial charge in [-0.25, -0.2) is 14.6 Å². The van der Waals surface area contributed by atoms with Crippen LogP contribution in [0.25, 0.3) is 0 Å². The fourth-order valence-electron chi connectivity index (χ4n) is 2.20. The topological polar surface area (TPSA) is 197 Å². The molecule has 0 unspecified atom stereocenters. The molecule has 1 rings (SSSR count). The molecule has 0 radical (unpaired) electrons. The number of carboxylic acid groups (broad SMARTS) is 1. The van der Waals surface area contributed by atoms with Gasteiger partial charge in [0, 0.05) is 12.2 Å². The molecule has 0 heterocycles. The molecule has 6 N–H and O–H groups in total. The summed E-state index contributed by atoms with van der Waals surface area (Å²) < 4.78 is 5.01. The lowest BCUT2D eigenvalue weighted by atomic mass is 10.2. The summed E-state index contributed by atoms with van der Waals surface area (Å²) in [7, 11) is 0. The third kappa shape index (κ3) is 10.4. The largest absolute Gasteiger partial charge is 0.478 e. The van der Waals surface area contributed by atoms with Gasteiger partial charge < -0.3 is 26.2 Å². The molecule has 2 atom stereocenters. The second-order valence-corrected chi connectivity index (χ2v) is 6.70. The third-order valence-electron chi connectivity index (χ3n) is 3.89. The van der Waals surface area contributed by atoms with Gasteiger partial charge in [-0.15, -0.1) is 0 Å². The lowest BCUT2D eigenvalue weighted by Gasteiger charge is -2.23. The van der Waals surface area contributed by atoms with Crippen LogP contribution < -0.4 is 21.8 Å². The fourth-order valence-corrected chi connectivity index (χ4v) is 2.20. The van der Waals surface area contributed by atoms with Crippen molar-refractivity contribution < 1.29 is 38.6 Å². The lowest BCUT2D eigenvalue weighted by Crippen LogP contribution is -2.56. The van der Waals surface area contributed by atoms with Gasteiger partial charge in [-0.2, -0.15) is 0 Å². The molecule has 13 nitrogen and oxygen atoms in total. The number of rotatable bonds is 10. The van der Waals surface area contributed by atoms with E-state index in [0.717, 1.165) is 5.56 Å². The van der Waals surface area contributed by atoms with Gasteiger partial charge in [0.2, 0.25) is 11.8 Å². The van der Waals surface area contributed by atoms with E-state index < -0.39 is 54.3 Å². The standard InChI is InChI=1S/C20H25N5O8/c1-12(23-20(32)33-11-14-6-4-3-5-7-14)18(30)22-13(2)19(31)24-25(10-15(21)26)16(27)8-9-17(28)29/h3-9,12-13H,10-11H2,1-2H3,(H2,21,26)(H,22,30)(H,23,32)(H,24,31)(H,28,29)/b9-8+/t12-,13-/m1/s1. The Bertz CT molecular complexity index is 918. The van der Waals surface area contributed by atoms with E-state index in [1.807, 2.05) is 6.07 Å². The average molecular weight is 463 g/mol. The Balaban J connectivity index is 2.59. The van der Waals surface area contributed by atoms with Crippen molar-refractivity contribution in [1.29, 1.82) is 0 Å². The van der Waals surface area contributed by atoms with Crippen molar-refractivity contribution in [3.8, 4) is 0 Å². The molecule has 0 spiro atoms. The van der Waals surface area contributed by atoms with E-state index in [-0.39, 0.29) is 6.61 Å².